The van der Waals surface area contributed by atoms with E-state index in [1.54, 1.807) is 0 Å². The van der Waals surface area contributed by atoms with Crippen molar-refractivity contribution in [1.82, 2.24) is 5.32 Å². The highest BCUT2D eigenvalue weighted by Crippen LogP contribution is 2.35. The van der Waals surface area contributed by atoms with E-state index in [2.05, 4.69) is 19.5 Å². The third-order valence-electron chi connectivity index (χ3n) is 4.55. The molecule has 32 heavy (non-hydrogen) atoms. The van der Waals surface area contributed by atoms with Crippen molar-refractivity contribution in [2.75, 3.05) is 42.9 Å². The molecule has 0 radical (unpaired) electrons. The van der Waals surface area contributed by atoms with Crippen LogP contribution in [0, 0.1) is 0 Å². The molecule has 0 aromatic heterocycles. The van der Waals surface area contributed by atoms with Crippen molar-refractivity contribution >= 4 is 21.4 Å². The molecule has 0 aliphatic carbocycles. The van der Waals surface area contributed by atoms with E-state index in [4.69, 9.17) is 4.74 Å². The van der Waals surface area contributed by atoms with Crippen molar-refractivity contribution in [3.63, 3.8) is 0 Å². The Morgan fingerprint density at radius 2 is 1.56 bits per heavy atom. The van der Waals surface area contributed by atoms with Gasteiger partial charge in [-0.05, 0) is 30.3 Å². The monoisotopic (exact) mass is 479 g/mol. The third kappa shape index (κ3) is 5.85. The first-order valence-corrected chi connectivity index (χ1v) is 10.9. The number of benzene rings is 2. The highest BCUT2D eigenvalue weighted by molar-refractivity contribution is 7.92. The van der Waals surface area contributed by atoms with E-state index in [0.717, 1.165) is 31.3 Å². The predicted octanol–water partition coefficient (Wildman–Crippen LogP) is 3.11. The number of sulfonamides is 1. The minimum Gasteiger partial charge on any atom is -0.495 e. The number of hydrogen-bond donors (Lipinski definition) is 2. The van der Waals surface area contributed by atoms with E-state index in [9.17, 15) is 26.0 Å². The van der Waals surface area contributed by atoms with E-state index < -0.39 is 34.7 Å². The number of nitrogens with one attached hydrogen (secondary N) is 2. The van der Waals surface area contributed by atoms with Crippen LogP contribution in [0.3, 0.4) is 0 Å². The molecule has 2 aromatic carbocycles. The van der Waals surface area contributed by atoms with Gasteiger partial charge in [0, 0.05) is 32.2 Å². The second-order valence-electron chi connectivity index (χ2n) is 6.59. The highest BCUT2D eigenvalue weighted by Gasteiger charge is 2.22. The van der Waals surface area contributed by atoms with Crippen LogP contribution in [-0.4, -0.2) is 54.9 Å². The molecule has 1 aliphatic rings. The second kappa shape index (κ2) is 10.1. The van der Waals surface area contributed by atoms with Gasteiger partial charge in [0.05, 0.1) is 23.4 Å². The summed E-state index contributed by atoms with van der Waals surface area (Å²) in [6.07, 6.45) is 0. The normalized spacial score (nSPS) is 14.5. The topological polar surface area (TPSA) is 89.1 Å². The first-order chi connectivity index (χ1) is 15.2. The van der Waals surface area contributed by atoms with Gasteiger partial charge in [-0.3, -0.25) is 4.72 Å². The van der Waals surface area contributed by atoms with Gasteiger partial charge in [-0.1, -0.05) is 0 Å². The standard InChI is InChI=1S/C19H21F4N3O5S/c1-29-15-5-3-13(11-14(15)26-8-6-24-7-9-26)32(27,28)25-12-2-4-16(30-18(20)21)17(10-12)31-19(22)23/h2-5,10-11,18-19,24-25H,6-9H2,1H3. The maximum absolute atomic E-state index is 12.9. The molecule has 0 atom stereocenters. The summed E-state index contributed by atoms with van der Waals surface area (Å²) < 4.78 is 92.0. The third-order valence-corrected chi connectivity index (χ3v) is 5.93. The van der Waals surface area contributed by atoms with Crippen molar-refractivity contribution in [1.29, 1.82) is 0 Å². The smallest absolute Gasteiger partial charge is 0.387 e. The number of hydrogen-bond acceptors (Lipinski definition) is 7. The summed E-state index contributed by atoms with van der Waals surface area (Å²) in [5, 5.41) is 3.20. The second-order valence-corrected chi connectivity index (χ2v) is 8.28. The average molecular weight is 479 g/mol. The molecule has 1 fully saturated rings. The Labute approximate surface area is 182 Å². The first-order valence-electron chi connectivity index (χ1n) is 9.40. The molecule has 2 N–H and O–H groups in total. The quantitative estimate of drug-likeness (QED) is 0.535. The fraction of sp³-hybridized carbons (Fsp3) is 0.368. The number of nitrogens with zero attached hydrogens (tertiary/aromatic N) is 1. The summed E-state index contributed by atoms with van der Waals surface area (Å²) in [6.45, 7) is -3.87. The summed E-state index contributed by atoms with van der Waals surface area (Å²) in [5.41, 5.74) is 0.404. The lowest BCUT2D eigenvalue weighted by molar-refractivity contribution is -0.0691. The molecule has 8 nitrogen and oxygen atoms in total. The molecule has 0 saturated carbocycles. The maximum atomic E-state index is 12.9. The van der Waals surface area contributed by atoms with Crippen molar-refractivity contribution in [3.05, 3.63) is 36.4 Å². The van der Waals surface area contributed by atoms with Gasteiger partial charge in [-0.2, -0.15) is 17.6 Å². The van der Waals surface area contributed by atoms with Gasteiger partial charge in [0.2, 0.25) is 0 Å². The number of halogens is 4. The Bertz CT molecular complexity index is 1030. The van der Waals surface area contributed by atoms with Crippen LogP contribution in [-0.2, 0) is 10.0 Å². The minimum absolute atomic E-state index is 0.101. The van der Waals surface area contributed by atoms with E-state index >= 15 is 0 Å². The van der Waals surface area contributed by atoms with Gasteiger partial charge in [-0.15, -0.1) is 0 Å². The highest BCUT2D eigenvalue weighted by atomic mass is 32.2. The Hall–Kier alpha value is -2.93. The molecule has 13 heteroatoms. The number of alkyl halides is 4. The number of piperazine rings is 1. The number of ether oxygens (including phenoxy) is 3. The Morgan fingerprint density at radius 3 is 2.19 bits per heavy atom. The minimum atomic E-state index is -4.16. The number of anilines is 2. The summed E-state index contributed by atoms with van der Waals surface area (Å²) in [7, 11) is -2.69. The fourth-order valence-corrected chi connectivity index (χ4v) is 4.23. The largest absolute Gasteiger partial charge is 0.495 e. The van der Waals surface area contributed by atoms with Crippen LogP contribution in [0.4, 0.5) is 28.9 Å². The van der Waals surface area contributed by atoms with Crippen LogP contribution in [0.2, 0.25) is 0 Å². The van der Waals surface area contributed by atoms with Crippen molar-refractivity contribution in [2.45, 2.75) is 18.1 Å². The van der Waals surface area contributed by atoms with Crippen LogP contribution in [0.15, 0.2) is 41.3 Å². The predicted molar refractivity (Wildman–Crippen MR) is 109 cm³/mol. The van der Waals surface area contributed by atoms with Crippen molar-refractivity contribution in [3.8, 4) is 17.2 Å². The first kappa shape index (κ1) is 23.7. The molecule has 2 aromatic rings. The molecular formula is C19H21F4N3O5S. The van der Waals surface area contributed by atoms with Gasteiger partial charge >= 0.3 is 13.2 Å². The molecule has 0 spiro atoms. The molecule has 0 unspecified atom stereocenters. The lowest BCUT2D eigenvalue weighted by Crippen LogP contribution is -2.43. The van der Waals surface area contributed by atoms with Crippen molar-refractivity contribution in [2.24, 2.45) is 0 Å². The molecule has 0 amide bonds. The fourth-order valence-electron chi connectivity index (χ4n) is 3.16. The lowest BCUT2D eigenvalue weighted by atomic mass is 10.2. The van der Waals surface area contributed by atoms with E-state index in [-0.39, 0.29) is 10.6 Å². The zero-order chi connectivity index (χ0) is 23.3. The van der Waals surface area contributed by atoms with E-state index in [1.807, 2.05) is 4.90 Å². The van der Waals surface area contributed by atoms with Crippen LogP contribution in [0.25, 0.3) is 0 Å². The van der Waals surface area contributed by atoms with Crippen LogP contribution in [0.1, 0.15) is 0 Å². The Balaban J connectivity index is 1.90. The molecule has 1 heterocycles. The molecular weight excluding hydrogens is 458 g/mol. The average Bonchev–Trinajstić information content (AvgIpc) is 2.75. The van der Waals surface area contributed by atoms with Gasteiger partial charge in [-0.25, -0.2) is 8.42 Å². The van der Waals surface area contributed by atoms with Gasteiger partial charge in [0.25, 0.3) is 10.0 Å². The number of rotatable bonds is 9. The van der Waals surface area contributed by atoms with E-state index in [1.165, 1.54) is 25.3 Å². The zero-order valence-electron chi connectivity index (χ0n) is 16.9. The summed E-state index contributed by atoms with van der Waals surface area (Å²) >= 11 is 0. The lowest BCUT2D eigenvalue weighted by Gasteiger charge is -2.30. The molecule has 176 valence electrons. The van der Waals surface area contributed by atoms with Crippen LogP contribution in [0.5, 0.6) is 17.2 Å². The van der Waals surface area contributed by atoms with Gasteiger partial charge in [0.1, 0.15) is 5.75 Å². The summed E-state index contributed by atoms with van der Waals surface area (Å²) in [6, 6.07) is 7.12. The molecule has 0 bridgehead atoms. The zero-order valence-corrected chi connectivity index (χ0v) is 17.7. The number of methoxy groups -OCH3 is 1. The molecule has 3 rings (SSSR count). The summed E-state index contributed by atoms with van der Waals surface area (Å²) in [4.78, 5) is 1.87. The van der Waals surface area contributed by atoms with Gasteiger partial charge in [0.15, 0.2) is 11.5 Å². The molecule has 1 aliphatic heterocycles. The van der Waals surface area contributed by atoms with Crippen molar-refractivity contribution < 1.29 is 40.2 Å². The van der Waals surface area contributed by atoms with Gasteiger partial charge < -0.3 is 24.4 Å². The maximum Gasteiger partial charge on any atom is 0.387 e. The Kier molecular flexibility index (Phi) is 7.51. The summed E-state index contributed by atoms with van der Waals surface area (Å²) in [5.74, 6) is -0.905. The van der Waals surface area contributed by atoms with Crippen LogP contribution < -0.4 is 29.1 Å². The molecule has 1 saturated heterocycles. The van der Waals surface area contributed by atoms with Crippen LogP contribution >= 0.6 is 0 Å². The van der Waals surface area contributed by atoms with E-state index in [0.29, 0.717) is 24.5 Å². The SMILES string of the molecule is COc1ccc(S(=O)(=O)Nc2ccc(OC(F)F)c(OC(F)F)c2)cc1N1CCNCC1. The Morgan fingerprint density at radius 1 is 0.938 bits per heavy atom.